The molecule has 0 bridgehead atoms. The Hall–Kier alpha value is -1.84. The van der Waals surface area contributed by atoms with Gasteiger partial charge in [-0.2, -0.15) is 0 Å². The maximum Gasteiger partial charge on any atom is 0.339 e. The Morgan fingerprint density at radius 1 is 0.656 bits per heavy atom. The Labute approximate surface area is 196 Å². The van der Waals surface area contributed by atoms with Crippen LogP contribution in [0.2, 0.25) is 0 Å². The number of carbonyl (C=O) groups excluding carboxylic acids is 2. The smallest absolute Gasteiger partial charge is 0.339 e. The van der Waals surface area contributed by atoms with E-state index in [4.69, 9.17) is 9.47 Å². The predicted molar refractivity (Wildman–Crippen MR) is 132 cm³/mol. The average molecular weight is 447 g/mol. The predicted octanol–water partition coefficient (Wildman–Crippen LogP) is 7.99. The van der Waals surface area contributed by atoms with Crippen LogP contribution >= 0.6 is 0 Å². The van der Waals surface area contributed by atoms with Crippen LogP contribution in [0.1, 0.15) is 126 Å². The highest BCUT2D eigenvalue weighted by Crippen LogP contribution is 2.34. The van der Waals surface area contributed by atoms with Crippen molar-refractivity contribution in [2.24, 2.45) is 10.8 Å². The first kappa shape index (κ1) is 28.2. The lowest BCUT2D eigenvalue weighted by Crippen LogP contribution is -2.29. The molecule has 0 spiro atoms. The summed E-state index contributed by atoms with van der Waals surface area (Å²) in [4.78, 5) is 25.9. The molecule has 1 aromatic rings. The molecule has 0 aromatic heterocycles. The minimum atomic E-state index is -0.441. The van der Waals surface area contributed by atoms with Gasteiger partial charge >= 0.3 is 11.9 Å². The summed E-state index contributed by atoms with van der Waals surface area (Å²) < 4.78 is 11.5. The van der Waals surface area contributed by atoms with Crippen molar-refractivity contribution >= 4 is 11.9 Å². The first-order chi connectivity index (χ1) is 15.4. The van der Waals surface area contributed by atoms with E-state index in [9.17, 15) is 9.59 Å². The fourth-order valence-electron chi connectivity index (χ4n) is 4.30. The average Bonchev–Trinajstić information content (AvgIpc) is 2.84. The van der Waals surface area contributed by atoms with Crippen LogP contribution in [0.25, 0.3) is 0 Å². The summed E-state index contributed by atoms with van der Waals surface area (Å²) in [6, 6.07) is 6.85. The van der Waals surface area contributed by atoms with Crippen LogP contribution in [0.4, 0.5) is 0 Å². The molecule has 4 heteroatoms. The molecule has 32 heavy (non-hydrogen) atoms. The van der Waals surface area contributed by atoms with Crippen molar-refractivity contribution < 1.29 is 19.1 Å². The van der Waals surface area contributed by atoms with Crippen molar-refractivity contribution in [3.63, 3.8) is 0 Å². The summed E-state index contributed by atoms with van der Waals surface area (Å²) in [6.07, 6.45) is 10.4. The maximum absolute atomic E-state index is 12.9. The highest BCUT2D eigenvalue weighted by Gasteiger charge is 2.30. The molecule has 0 atom stereocenters. The standard InChI is InChI=1S/C28H46O4/c1-7-13-19-27(9-3,10-4)21-31-25(29)23-17-15-16-18-24(23)26(30)32-22-28(11-5,12-6)20-14-8-2/h15-18H,7-14,19-22H2,1-6H3. The number of carbonyl (C=O) groups is 2. The van der Waals surface area contributed by atoms with Crippen molar-refractivity contribution in [3.05, 3.63) is 35.4 Å². The van der Waals surface area contributed by atoms with E-state index in [1.165, 1.54) is 0 Å². The first-order valence-corrected chi connectivity index (χ1v) is 12.8. The van der Waals surface area contributed by atoms with Crippen molar-refractivity contribution in [1.29, 1.82) is 0 Å². The highest BCUT2D eigenvalue weighted by atomic mass is 16.5. The van der Waals surface area contributed by atoms with Crippen molar-refractivity contribution in [2.45, 2.75) is 106 Å². The lowest BCUT2D eigenvalue weighted by Gasteiger charge is -2.31. The van der Waals surface area contributed by atoms with Crippen molar-refractivity contribution in [2.75, 3.05) is 13.2 Å². The third-order valence-corrected chi connectivity index (χ3v) is 7.51. The number of hydrogen-bond acceptors (Lipinski definition) is 4. The zero-order valence-electron chi connectivity index (χ0n) is 21.4. The van der Waals surface area contributed by atoms with Gasteiger partial charge < -0.3 is 9.47 Å². The van der Waals surface area contributed by atoms with Crippen LogP contribution in [-0.4, -0.2) is 25.2 Å². The number of hydrogen-bond donors (Lipinski definition) is 0. The second kappa shape index (κ2) is 14.3. The van der Waals surface area contributed by atoms with Crippen LogP contribution < -0.4 is 0 Å². The lowest BCUT2D eigenvalue weighted by molar-refractivity contribution is 0.0187. The molecule has 0 amide bonds. The van der Waals surface area contributed by atoms with Crippen molar-refractivity contribution in [3.8, 4) is 0 Å². The largest absolute Gasteiger partial charge is 0.461 e. The summed E-state index contributed by atoms with van der Waals surface area (Å²) in [5.74, 6) is -0.882. The molecule has 0 fully saturated rings. The molecule has 0 aliphatic carbocycles. The SMILES string of the molecule is CCCCC(CC)(CC)COC(=O)c1ccccc1C(=O)OCC(CC)(CC)CCCC. The summed E-state index contributed by atoms with van der Waals surface area (Å²) in [5.41, 5.74) is 0.590. The molecule has 0 aliphatic rings. The van der Waals surface area contributed by atoms with Gasteiger partial charge in [0.1, 0.15) is 0 Å². The Bertz CT molecular complexity index is 627. The van der Waals surface area contributed by atoms with E-state index in [1.807, 2.05) is 0 Å². The molecule has 0 radical (unpaired) electrons. The number of unbranched alkanes of at least 4 members (excludes halogenated alkanes) is 2. The monoisotopic (exact) mass is 446 g/mol. The highest BCUT2D eigenvalue weighted by molar-refractivity contribution is 6.03. The van der Waals surface area contributed by atoms with Gasteiger partial charge in [0.2, 0.25) is 0 Å². The lowest BCUT2D eigenvalue weighted by atomic mass is 9.78. The molecular formula is C28H46O4. The van der Waals surface area contributed by atoms with Gasteiger partial charge in [0.05, 0.1) is 24.3 Å². The summed E-state index contributed by atoms with van der Waals surface area (Å²) in [5, 5.41) is 0. The van der Waals surface area contributed by atoms with E-state index in [2.05, 4.69) is 41.5 Å². The fraction of sp³-hybridized carbons (Fsp3) is 0.714. The fourth-order valence-corrected chi connectivity index (χ4v) is 4.30. The van der Waals surface area contributed by atoms with Crippen molar-refractivity contribution in [1.82, 2.24) is 0 Å². The molecule has 0 unspecified atom stereocenters. The molecular weight excluding hydrogens is 400 g/mol. The van der Waals surface area contributed by atoms with Gasteiger partial charge in [-0.3, -0.25) is 0 Å². The van der Waals surface area contributed by atoms with E-state index < -0.39 is 11.9 Å². The normalized spacial score (nSPS) is 11.9. The van der Waals surface area contributed by atoms with Gasteiger partial charge in [0, 0.05) is 10.8 Å². The number of benzene rings is 1. The molecule has 0 saturated heterocycles. The summed E-state index contributed by atoms with van der Waals surface area (Å²) in [6.45, 7) is 13.8. The molecule has 0 saturated carbocycles. The maximum atomic E-state index is 12.9. The van der Waals surface area contributed by atoms with E-state index in [0.29, 0.717) is 24.3 Å². The topological polar surface area (TPSA) is 52.6 Å². The zero-order valence-corrected chi connectivity index (χ0v) is 21.4. The van der Waals surface area contributed by atoms with E-state index >= 15 is 0 Å². The second-order valence-electron chi connectivity index (χ2n) is 9.32. The van der Waals surface area contributed by atoms with Crippen LogP contribution in [-0.2, 0) is 9.47 Å². The van der Waals surface area contributed by atoms with E-state index in [-0.39, 0.29) is 10.8 Å². The van der Waals surface area contributed by atoms with Gasteiger partial charge in [0.15, 0.2) is 0 Å². The molecule has 1 aromatic carbocycles. The molecule has 0 aliphatic heterocycles. The van der Waals surface area contributed by atoms with Gasteiger partial charge in [0.25, 0.3) is 0 Å². The van der Waals surface area contributed by atoms with Gasteiger partial charge in [-0.05, 0) is 50.7 Å². The number of esters is 2. The van der Waals surface area contributed by atoms with Gasteiger partial charge in [-0.1, -0.05) is 79.4 Å². The molecule has 1 rings (SSSR count). The van der Waals surface area contributed by atoms with Gasteiger partial charge in [-0.25, -0.2) is 9.59 Å². The summed E-state index contributed by atoms with van der Waals surface area (Å²) in [7, 11) is 0. The second-order valence-corrected chi connectivity index (χ2v) is 9.32. The van der Waals surface area contributed by atoms with Crippen LogP contribution in [0.3, 0.4) is 0 Å². The molecule has 0 N–H and O–H groups in total. The van der Waals surface area contributed by atoms with E-state index in [0.717, 1.165) is 64.2 Å². The Balaban J connectivity index is 2.92. The Morgan fingerprint density at radius 3 is 1.28 bits per heavy atom. The Kier molecular flexibility index (Phi) is 12.6. The van der Waals surface area contributed by atoms with E-state index in [1.54, 1.807) is 24.3 Å². The summed E-state index contributed by atoms with van der Waals surface area (Å²) >= 11 is 0. The first-order valence-electron chi connectivity index (χ1n) is 12.8. The quantitative estimate of drug-likeness (QED) is 0.241. The zero-order chi connectivity index (χ0) is 24.0. The molecule has 0 heterocycles. The number of rotatable bonds is 16. The molecule has 182 valence electrons. The third-order valence-electron chi connectivity index (χ3n) is 7.51. The number of ether oxygens (including phenoxy) is 2. The van der Waals surface area contributed by atoms with Gasteiger partial charge in [-0.15, -0.1) is 0 Å². The van der Waals surface area contributed by atoms with Crippen LogP contribution in [0, 0.1) is 10.8 Å². The minimum Gasteiger partial charge on any atom is -0.461 e. The third kappa shape index (κ3) is 7.94. The minimum absolute atomic E-state index is 0.00224. The van der Waals surface area contributed by atoms with Crippen LogP contribution in [0.15, 0.2) is 24.3 Å². The Morgan fingerprint density at radius 2 is 1.00 bits per heavy atom. The van der Waals surface area contributed by atoms with Crippen LogP contribution in [0.5, 0.6) is 0 Å². The molecule has 4 nitrogen and oxygen atoms in total.